The van der Waals surface area contributed by atoms with E-state index in [1.54, 1.807) is 0 Å². The van der Waals surface area contributed by atoms with Crippen molar-refractivity contribution in [2.45, 2.75) is 110 Å². The fraction of sp³-hybridized carbons (Fsp3) is 0.621. The van der Waals surface area contributed by atoms with E-state index >= 15 is 0 Å². The zero-order valence-electron chi connectivity index (χ0n) is 20.1. The lowest BCUT2D eigenvalue weighted by atomic mass is 9.80. The molecule has 0 N–H and O–H groups in total. The van der Waals surface area contributed by atoms with Gasteiger partial charge in [-0.3, -0.25) is 0 Å². The number of unbranched alkanes of at least 4 members (excludes halogenated alkanes) is 11. The predicted molar refractivity (Wildman–Crippen MR) is 134 cm³/mol. The largest absolute Gasteiger partial charge is 0.210 e. The van der Waals surface area contributed by atoms with Gasteiger partial charge >= 0.3 is 0 Å². The van der Waals surface area contributed by atoms with E-state index in [0.29, 0.717) is 0 Å². The third kappa shape index (κ3) is 5.34. The van der Waals surface area contributed by atoms with Crippen molar-refractivity contribution in [2.75, 3.05) is 6.54 Å². The summed E-state index contributed by atoms with van der Waals surface area (Å²) >= 11 is 0. The molecule has 0 bridgehead atoms. The smallest absolute Gasteiger partial charge is 0.199 e. The molecule has 3 rings (SSSR count). The average Bonchev–Trinajstić information content (AvgIpc) is 2.95. The Morgan fingerprint density at radius 2 is 1.27 bits per heavy atom. The molecule has 1 nitrogen and oxygen atoms in total. The molecule has 0 atom stereocenters. The third-order valence-electron chi connectivity index (χ3n) is 7.37. The van der Waals surface area contributed by atoms with Crippen LogP contribution in [0.2, 0.25) is 0 Å². The van der Waals surface area contributed by atoms with Crippen LogP contribution in [0.4, 0.5) is 5.69 Å². The van der Waals surface area contributed by atoms with Crippen molar-refractivity contribution in [1.29, 1.82) is 0 Å². The van der Waals surface area contributed by atoms with E-state index in [0.717, 1.165) is 6.54 Å². The highest BCUT2D eigenvalue weighted by molar-refractivity contribution is 6.01. The van der Waals surface area contributed by atoms with Gasteiger partial charge in [-0.15, -0.1) is 0 Å². The number of fused-ring (bicyclic) bond motifs is 3. The minimum Gasteiger partial charge on any atom is -0.199 e. The van der Waals surface area contributed by atoms with Crippen LogP contribution in [-0.2, 0) is 5.41 Å². The molecule has 1 aliphatic rings. The summed E-state index contributed by atoms with van der Waals surface area (Å²) in [7, 11) is 0. The summed E-state index contributed by atoms with van der Waals surface area (Å²) in [6.45, 7) is 10.6. The monoisotopic (exact) mass is 406 g/mol. The standard InChI is InChI=1S/C29H44N/c1-5-6-7-8-9-10-11-12-13-14-15-18-23-30-24(2)29(3,4)28-26-20-17-16-19-25(26)21-22-27(28)30/h16-17,19-22H,5-15,18,23H2,1-4H3/q+1. The van der Waals surface area contributed by atoms with E-state index < -0.39 is 0 Å². The van der Waals surface area contributed by atoms with Crippen molar-refractivity contribution in [1.82, 2.24) is 0 Å². The minimum absolute atomic E-state index is 0.118. The quantitative estimate of drug-likeness (QED) is 0.231. The average molecular weight is 407 g/mol. The number of benzene rings is 2. The zero-order valence-corrected chi connectivity index (χ0v) is 20.1. The summed E-state index contributed by atoms with van der Waals surface area (Å²) in [5.74, 6) is 0. The maximum Gasteiger partial charge on any atom is 0.210 e. The van der Waals surface area contributed by atoms with E-state index in [1.165, 1.54) is 105 Å². The Hall–Kier alpha value is -1.63. The van der Waals surface area contributed by atoms with Crippen LogP contribution in [0.3, 0.4) is 0 Å². The fourth-order valence-corrected chi connectivity index (χ4v) is 5.24. The summed E-state index contributed by atoms with van der Waals surface area (Å²) in [6.07, 6.45) is 16.9. The van der Waals surface area contributed by atoms with Crippen LogP contribution in [-0.4, -0.2) is 16.8 Å². The molecule has 2 aromatic rings. The second-order valence-electron chi connectivity index (χ2n) is 9.93. The molecule has 0 fully saturated rings. The molecule has 0 aromatic heterocycles. The lowest BCUT2D eigenvalue weighted by Crippen LogP contribution is -2.26. The first-order valence-electron chi connectivity index (χ1n) is 12.7. The van der Waals surface area contributed by atoms with Gasteiger partial charge < -0.3 is 0 Å². The highest BCUT2D eigenvalue weighted by atomic mass is 15.1. The van der Waals surface area contributed by atoms with E-state index in [9.17, 15) is 0 Å². The van der Waals surface area contributed by atoms with E-state index in [2.05, 4.69) is 68.7 Å². The number of hydrogen-bond donors (Lipinski definition) is 0. The Labute approximate surface area is 185 Å². The Kier molecular flexibility index (Phi) is 8.54. The zero-order chi connectivity index (χ0) is 21.4. The van der Waals surface area contributed by atoms with Crippen LogP contribution < -0.4 is 0 Å². The van der Waals surface area contributed by atoms with Crippen molar-refractivity contribution < 1.29 is 4.58 Å². The first-order chi connectivity index (χ1) is 14.6. The Balaban J connectivity index is 1.44. The maximum atomic E-state index is 2.61. The molecule has 30 heavy (non-hydrogen) atoms. The molecule has 1 heterocycles. The van der Waals surface area contributed by atoms with Gasteiger partial charge in [0.1, 0.15) is 6.54 Å². The van der Waals surface area contributed by atoms with Gasteiger partial charge in [-0.1, -0.05) is 95.4 Å². The lowest BCUT2D eigenvalue weighted by Gasteiger charge is -2.17. The molecule has 1 aliphatic heterocycles. The minimum atomic E-state index is 0.118. The molecule has 164 valence electrons. The van der Waals surface area contributed by atoms with Crippen molar-refractivity contribution in [3.8, 4) is 0 Å². The molecule has 0 aliphatic carbocycles. The van der Waals surface area contributed by atoms with Gasteiger partial charge in [-0.25, -0.2) is 0 Å². The van der Waals surface area contributed by atoms with E-state index in [-0.39, 0.29) is 5.41 Å². The van der Waals surface area contributed by atoms with Crippen molar-refractivity contribution >= 4 is 22.2 Å². The van der Waals surface area contributed by atoms with Gasteiger partial charge in [0, 0.05) is 25.0 Å². The second kappa shape index (κ2) is 11.1. The summed E-state index contributed by atoms with van der Waals surface area (Å²) in [6, 6.07) is 13.5. The number of nitrogens with zero attached hydrogens (tertiary/aromatic N) is 1. The molecule has 0 saturated heterocycles. The van der Waals surface area contributed by atoms with Crippen LogP contribution >= 0.6 is 0 Å². The van der Waals surface area contributed by atoms with Crippen LogP contribution in [0.1, 0.15) is 110 Å². The van der Waals surface area contributed by atoms with Crippen LogP contribution in [0.5, 0.6) is 0 Å². The molecule has 0 radical (unpaired) electrons. The first kappa shape index (κ1) is 23.0. The predicted octanol–water partition coefficient (Wildman–Crippen LogP) is 8.94. The fourth-order valence-electron chi connectivity index (χ4n) is 5.24. The Morgan fingerprint density at radius 3 is 1.90 bits per heavy atom. The SMILES string of the molecule is CCCCCCCCCCCCCC[N+]1=C(C)C(C)(C)c2c1ccc1ccccc21. The molecular formula is C29H44N+. The molecular weight excluding hydrogens is 362 g/mol. The maximum absolute atomic E-state index is 2.61. The number of rotatable bonds is 13. The summed E-state index contributed by atoms with van der Waals surface area (Å²) in [4.78, 5) is 0. The van der Waals surface area contributed by atoms with Gasteiger partial charge in [-0.05, 0) is 37.1 Å². The van der Waals surface area contributed by atoms with Crippen LogP contribution in [0.25, 0.3) is 10.8 Å². The second-order valence-corrected chi connectivity index (χ2v) is 9.93. The van der Waals surface area contributed by atoms with E-state index in [4.69, 9.17) is 0 Å². The molecule has 0 saturated carbocycles. The Bertz CT molecular complexity index is 843. The van der Waals surface area contributed by atoms with Crippen LogP contribution in [0.15, 0.2) is 36.4 Å². The molecule has 0 spiro atoms. The van der Waals surface area contributed by atoms with Gasteiger partial charge in [0.25, 0.3) is 0 Å². The molecule has 2 aromatic carbocycles. The summed E-state index contributed by atoms with van der Waals surface area (Å²) < 4.78 is 2.61. The van der Waals surface area contributed by atoms with Gasteiger partial charge in [0.2, 0.25) is 5.69 Å². The van der Waals surface area contributed by atoms with Gasteiger partial charge in [0.15, 0.2) is 5.71 Å². The molecule has 0 amide bonds. The van der Waals surface area contributed by atoms with E-state index in [1.807, 2.05) is 0 Å². The first-order valence-corrected chi connectivity index (χ1v) is 12.7. The van der Waals surface area contributed by atoms with Crippen molar-refractivity contribution in [3.63, 3.8) is 0 Å². The Morgan fingerprint density at radius 1 is 0.700 bits per heavy atom. The number of hydrogen-bond acceptors (Lipinski definition) is 0. The van der Waals surface area contributed by atoms with Gasteiger partial charge in [0.05, 0.1) is 5.41 Å². The molecule has 0 unspecified atom stereocenters. The topological polar surface area (TPSA) is 3.01 Å². The highest BCUT2D eigenvalue weighted by Crippen LogP contribution is 2.43. The lowest BCUT2D eigenvalue weighted by molar-refractivity contribution is -0.439. The van der Waals surface area contributed by atoms with Gasteiger partial charge in [-0.2, -0.15) is 4.58 Å². The highest BCUT2D eigenvalue weighted by Gasteiger charge is 2.43. The summed E-state index contributed by atoms with van der Waals surface area (Å²) in [5, 5.41) is 2.79. The summed E-state index contributed by atoms with van der Waals surface area (Å²) in [5.41, 5.74) is 4.60. The normalized spacial score (nSPS) is 15.2. The van der Waals surface area contributed by atoms with Crippen molar-refractivity contribution in [2.24, 2.45) is 0 Å². The van der Waals surface area contributed by atoms with Crippen molar-refractivity contribution in [3.05, 3.63) is 42.0 Å². The molecule has 1 heteroatoms. The third-order valence-corrected chi connectivity index (χ3v) is 7.37. The van der Waals surface area contributed by atoms with Crippen LogP contribution in [0, 0.1) is 0 Å².